The Kier molecular flexibility index (Phi) is 5.18. The van der Waals surface area contributed by atoms with Gasteiger partial charge in [-0.15, -0.1) is 0 Å². The van der Waals surface area contributed by atoms with E-state index < -0.39 is 12.1 Å². The summed E-state index contributed by atoms with van der Waals surface area (Å²) in [7, 11) is 0. The lowest BCUT2D eigenvalue weighted by molar-refractivity contribution is -0.133. The smallest absolute Gasteiger partial charge is 0.412 e. The molecule has 3 rings (SSSR count). The van der Waals surface area contributed by atoms with Crippen LogP contribution in [-0.2, 0) is 16.1 Å². The predicted octanol–water partition coefficient (Wildman–Crippen LogP) is 3.71. The number of carboxylic acid groups (broad SMARTS) is 1. The van der Waals surface area contributed by atoms with E-state index in [1.165, 1.54) is 25.7 Å². The maximum atomic E-state index is 11.8. The van der Waals surface area contributed by atoms with Crippen LogP contribution in [0.1, 0.15) is 37.7 Å². The maximum absolute atomic E-state index is 11.8. The largest absolute Gasteiger partial charge is 0.477 e. The van der Waals surface area contributed by atoms with E-state index in [1.807, 2.05) is 30.3 Å². The zero-order chi connectivity index (χ0) is 16.9. The summed E-state index contributed by atoms with van der Waals surface area (Å²) in [6.45, 7) is 0.117. The van der Waals surface area contributed by atoms with Crippen molar-refractivity contribution >= 4 is 12.1 Å². The summed E-state index contributed by atoms with van der Waals surface area (Å²) < 4.78 is 5.08. The van der Waals surface area contributed by atoms with Gasteiger partial charge in [-0.25, -0.2) is 9.59 Å². The van der Waals surface area contributed by atoms with Gasteiger partial charge in [0.05, 0.1) is 0 Å². The number of carbonyl (C=O) groups is 2. The lowest BCUT2D eigenvalue weighted by Crippen LogP contribution is -2.28. The molecule has 0 saturated heterocycles. The van der Waals surface area contributed by atoms with Crippen molar-refractivity contribution < 1.29 is 19.4 Å². The van der Waals surface area contributed by atoms with E-state index in [9.17, 15) is 14.7 Å². The average Bonchev–Trinajstić information content (AvgIpc) is 3.20. The number of carboxylic acids is 1. The van der Waals surface area contributed by atoms with Gasteiger partial charge in [-0.1, -0.05) is 42.8 Å². The highest BCUT2D eigenvalue weighted by molar-refractivity contribution is 5.90. The van der Waals surface area contributed by atoms with Crippen LogP contribution in [0.25, 0.3) is 0 Å². The second-order valence-corrected chi connectivity index (χ2v) is 6.78. The molecule has 1 aromatic carbocycles. The van der Waals surface area contributed by atoms with E-state index in [0.29, 0.717) is 12.3 Å². The maximum Gasteiger partial charge on any atom is 0.412 e. The fourth-order valence-electron chi connectivity index (χ4n) is 4.00. The first-order valence-electron chi connectivity index (χ1n) is 8.53. The normalized spacial score (nSPS) is 25.5. The van der Waals surface area contributed by atoms with Crippen LogP contribution in [0.15, 0.2) is 42.1 Å². The van der Waals surface area contributed by atoms with Gasteiger partial charge in [0.25, 0.3) is 0 Å². The van der Waals surface area contributed by atoms with Gasteiger partial charge in [0.15, 0.2) is 0 Å². The molecule has 2 aliphatic rings. The summed E-state index contributed by atoms with van der Waals surface area (Å²) in [5.41, 5.74) is 0.770. The standard InChI is InChI=1S/C19H23NO4/c21-18(22)17(9-8-16-11-14-6-7-15(16)10-14)20-19(23)24-12-13-4-2-1-3-5-13/h1-5,9,14-16H,6-8,10-12H2,(H,20,23)(H,21,22)/b17-9-/t14-,15+,16?/m1/s1. The van der Waals surface area contributed by atoms with Gasteiger partial charge >= 0.3 is 12.1 Å². The molecule has 5 heteroatoms. The molecular weight excluding hydrogens is 306 g/mol. The number of nitrogens with one attached hydrogen (secondary N) is 1. The van der Waals surface area contributed by atoms with Crippen LogP contribution in [0.4, 0.5) is 4.79 Å². The Labute approximate surface area is 141 Å². The third kappa shape index (κ3) is 4.16. The van der Waals surface area contributed by atoms with E-state index in [-0.39, 0.29) is 12.3 Å². The molecule has 5 nitrogen and oxygen atoms in total. The van der Waals surface area contributed by atoms with E-state index in [1.54, 1.807) is 6.08 Å². The van der Waals surface area contributed by atoms with Crippen LogP contribution >= 0.6 is 0 Å². The number of hydrogen-bond donors (Lipinski definition) is 2. The Bertz CT molecular complexity index is 626. The van der Waals surface area contributed by atoms with Gasteiger partial charge in [0.1, 0.15) is 12.3 Å². The molecule has 24 heavy (non-hydrogen) atoms. The Balaban J connectivity index is 1.50. The lowest BCUT2D eigenvalue weighted by Gasteiger charge is -2.20. The molecule has 3 atom stereocenters. The molecule has 1 aromatic rings. The Morgan fingerprint density at radius 2 is 2.00 bits per heavy atom. The quantitative estimate of drug-likeness (QED) is 0.780. The van der Waals surface area contributed by atoms with Crippen LogP contribution in [0, 0.1) is 17.8 Å². The third-order valence-corrected chi connectivity index (χ3v) is 5.19. The fraction of sp³-hybridized carbons (Fsp3) is 0.474. The fourth-order valence-corrected chi connectivity index (χ4v) is 4.00. The van der Waals surface area contributed by atoms with Gasteiger partial charge in [0, 0.05) is 0 Å². The Hall–Kier alpha value is -2.30. The molecule has 1 amide bonds. The number of carbonyl (C=O) groups excluding carboxylic acids is 1. The number of amides is 1. The number of hydrogen-bond acceptors (Lipinski definition) is 3. The lowest BCUT2D eigenvalue weighted by atomic mass is 9.86. The molecule has 2 fully saturated rings. The van der Waals surface area contributed by atoms with E-state index in [2.05, 4.69) is 5.32 Å². The van der Waals surface area contributed by atoms with Crippen molar-refractivity contribution in [1.29, 1.82) is 0 Å². The summed E-state index contributed by atoms with van der Waals surface area (Å²) in [5, 5.41) is 11.6. The van der Waals surface area contributed by atoms with Gasteiger partial charge < -0.3 is 9.84 Å². The summed E-state index contributed by atoms with van der Waals surface area (Å²) in [5.74, 6) is 0.979. The average molecular weight is 329 g/mol. The van der Waals surface area contributed by atoms with Crippen molar-refractivity contribution in [2.75, 3.05) is 0 Å². The zero-order valence-corrected chi connectivity index (χ0v) is 13.6. The number of ether oxygens (including phenoxy) is 1. The minimum absolute atomic E-state index is 0.0872. The number of benzene rings is 1. The number of aliphatic carboxylic acids is 1. The molecule has 2 saturated carbocycles. The van der Waals surface area contributed by atoms with Crippen LogP contribution in [0.2, 0.25) is 0 Å². The van der Waals surface area contributed by atoms with Gasteiger partial charge in [0.2, 0.25) is 0 Å². The molecule has 0 spiro atoms. The van der Waals surface area contributed by atoms with Crippen LogP contribution in [0.5, 0.6) is 0 Å². The van der Waals surface area contributed by atoms with Crippen LogP contribution in [-0.4, -0.2) is 17.2 Å². The van der Waals surface area contributed by atoms with Crippen molar-refractivity contribution in [1.82, 2.24) is 5.32 Å². The monoisotopic (exact) mass is 329 g/mol. The third-order valence-electron chi connectivity index (χ3n) is 5.19. The molecule has 2 aliphatic carbocycles. The summed E-state index contributed by atoms with van der Waals surface area (Å²) in [4.78, 5) is 23.2. The second-order valence-electron chi connectivity index (χ2n) is 6.78. The molecule has 0 aromatic heterocycles. The predicted molar refractivity (Wildman–Crippen MR) is 89.0 cm³/mol. The first-order valence-corrected chi connectivity index (χ1v) is 8.53. The molecule has 1 unspecified atom stereocenters. The minimum Gasteiger partial charge on any atom is -0.477 e. The molecule has 0 radical (unpaired) electrons. The van der Waals surface area contributed by atoms with Gasteiger partial charge in [-0.05, 0) is 49.0 Å². The first kappa shape index (κ1) is 16.6. The van der Waals surface area contributed by atoms with Crippen molar-refractivity contribution in [2.45, 2.75) is 38.7 Å². The first-order chi connectivity index (χ1) is 11.6. The van der Waals surface area contributed by atoms with Crippen molar-refractivity contribution in [2.24, 2.45) is 17.8 Å². The molecular formula is C19H23NO4. The van der Waals surface area contributed by atoms with Gasteiger partial charge in [-0.2, -0.15) is 0 Å². The number of allylic oxidation sites excluding steroid dienone is 1. The van der Waals surface area contributed by atoms with Crippen LogP contribution in [0.3, 0.4) is 0 Å². The van der Waals surface area contributed by atoms with E-state index in [0.717, 1.165) is 17.4 Å². The molecule has 0 heterocycles. The number of fused-ring (bicyclic) bond motifs is 2. The summed E-state index contributed by atoms with van der Waals surface area (Å²) >= 11 is 0. The number of alkyl carbamates (subject to hydrolysis) is 1. The van der Waals surface area contributed by atoms with E-state index in [4.69, 9.17) is 4.74 Å². The highest BCUT2D eigenvalue weighted by Crippen LogP contribution is 2.49. The number of rotatable bonds is 6. The van der Waals surface area contributed by atoms with E-state index >= 15 is 0 Å². The minimum atomic E-state index is -1.13. The topological polar surface area (TPSA) is 75.6 Å². The van der Waals surface area contributed by atoms with Crippen molar-refractivity contribution in [3.63, 3.8) is 0 Å². The zero-order valence-electron chi connectivity index (χ0n) is 13.6. The Morgan fingerprint density at radius 1 is 1.21 bits per heavy atom. The molecule has 2 bridgehead atoms. The van der Waals surface area contributed by atoms with Crippen molar-refractivity contribution in [3.05, 3.63) is 47.7 Å². The SMILES string of the molecule is O=C(N/C(=C\CC1C[C@@H]2CC[C@H]1C2)C(=O)O)OCc1ccccc1. The summed E-state index contributed by atoms with van der Waals surface area (Å²) in [6, 6.07) is 9.28. The highest BCUT2D eigenvalue weighted by Gasteiger charge is 2.38. The van der Waals surface area contributed by atoms with Crippen molar-refractivity contribution in [3.8, 4) is 0 Å². The molecule has 128 valence electrons. The Morgan fingerprint density at radius 3 is 2.62 bits per heavy atom. The highest BCUT2D eigenvalue weighted by atomic mass is 16.5. The molecule has 0 aliphatic heterocycles. The van der Waals surface area contributed by atoms with Crippen LogP contribution < -0.4 is 5.32 Å². The van der Waals surface area contributed by atoms with Gasteiger partial charge in [-0.3, -0.25) is 5.32 Å². The molecule has 2 N–H and O–H groups in total. The second kappa shape index (κ2) is 7.51. The summed E-state index contributed by atoms with van der Waals surface area (Å²) in [6.07, 6.45) is 6.67.